The third-order valence-electron chi connectivity index (χ3n) is 2.68. The third-order valence-corrected chi connectivity index (χ3v) is 2.68. The number of ether oxygens (including phenoxy) is 1. The molecule has 0 bridgehead atoms. The van der Waals surface area contributed by atoms with Crippen LogP contribution >= 0.6 is 0 Å². The number of aryl methyl sites for hydroxylation is 1. The van der Waals surface area contributed by atoms with E-state index in [2.05, 4.69) is 4.98 Å². The second-order valence-corrected chi connectivity index (χ2v) is 4.22. The van der Waals surface area contributed by atoms with Crippen LogP contribution in [0.3, 0.4) is 0 Å². The average Bonchev–Trinajstić information content (AvgIpc) is 2.46. The van der Waals surface area contributed by atoms with E-state index in [9.17, 15) is 19.3 Å². The number of nitrogens with zero attached hydrogens (tertiary/aromatic N) is 2. The van der Waals surface area contributed by atoms with Gasteiger partial charge in [-0.15, -0.1) is 0 Å². The maximum atomic E-state index is 13.4. The molecule has 0 spiro atoms. The summed E-state index contributed by atoms with van der Waals surface area (Å²) in [6.07, 6.45) is 0. The Morgan fingerprint density at radius 3 is 2.71 bits per heavy atom. The minimum absolute atomic E-state index is 0.125. The van der Waals surface area contributed by atoms with E-state index in [1.807, 2.05) is 0 Å². The van der Waals surface area contributed by atoms with Crippen molar-refractivity contribution in [3.63, 3.8) is 0 Å². The highest BCUT2D eigenvalue weighted by atomic mass is 19.1. The number of hydrogen-bond donors (Lipinski definition) is 0. The third kappa shape index (κ3) is 3.38. The first-order valence-electron chi connectivity index (χ1n) is 6.01. The number of benzene rings is 1. The number of Topliss-reactive ketones (excluding diaryl/α,β-unsaturated/α-hetero) is 1. The van der Waals surface area contributed by atoms with E-state index in [4.69, 9.17) is 4.74 Å². The fraction of sp³-hybridized carbons (Fsp3) is 0.143. The van der Waals surface area contributed by atoms with Gasteiger partial charge in [-0.3, -0.25) is 4.79 Å². The van der Waals surface area contributed by atoms with Crippen molar-refractivity contribution in [2.75, 3.05) is 6.61 Å². The van der Waals surface area contributed by atoms with Crippen LogP contribution in [0.2, 0.25) is 0 Å². The van der Waals surface area contributed by atoms with Crippen LogP contribution in [0.4, 0.5) is 10.2 Å². The molecule has 21 heavy (non-hydrogen) atoms. The molecule has 0 unspecified atom stereocenters. The van der Waals surface area contributed by atoms with Crippen molar-refractivity contribution in [1.82, 2.24) is 4.98 Å². The Bertz CT molecular complexity index is 703. The van der Waals surface area contributed by atoms with Crippen LogP contribution in [0.15, 0.2) is 36.4 Å². The molecule has 0 aliphatic heterocycles. The molecule has 0 amide bonds. The highest BCUT2D eigenvalue weighted by Gasteiger charge is 2.19. The molecular weight excluding hydrogens is 279 g/mol. The largest absolute Gasteiger partial charge is 0.477 e. The van der Waals surface area contributed by atoms with Gasteiger partial charge in [0.05, 0.1) is 5.56 Å². The molecule has 0 radical (unpaired) electrons. The molecule has 1 aromatic carbocycles. The summed E-state index contributed by atoms with van der Waals surface area (Å²) < 4.78 is 18.5. The van der Waals surface area contributed by atoms with Crippen LogP contribution in [-0.4, -0.2) is 22.3 Å². The number of carbonyl (C=O) groups excluding carboxylic acids is 1. The predicted molar refractivity (Wildman–Crippen MR) is 71.9 cm³/mol. The van der Waals surface area contributed by atoms with Crippen molar-refractivity contribution >= 4 is 11.6 Å². The van der Waals surface area contributed by atoms with E-state index < -0.39 is 28.9 Å². The summed E-state index contributed by atoms with van der Waals surface area (Å²) in [6, 6.07) is 8.34. The maximum absolute atomic E-state index is 13.4. The molecule has 0 aliphatic carbocycles. The zero-order valence-corrected chi connectivity index (χ0v) is 11.1. The second-order valence-electron chi connectivity index (χ2n) is 4.22. The van der Waals surface area contributed by atoms with Gasteiger partial charge in [-0.05, 0) is 34.2 Å². The van der Waals surface area contributed by atoms with Gasteiger partial charge >= 0.3 is 5.82 Å². The van der Waals surface area contributed by atoms with Crippen LogP contribution in [0.25, 0.3) is 0 Å². The van der Waals surface area contributed by atoms with Crippen LogP contribution in [0.1, 0.15) is 16.1 Å². The van der Waals surface area contributed by atoms with E-state index in [1.165, 1.54) is 30.3 Å². The first kappa shape index (κ1) is 14.6. The van der Waals surface area contributed by atoms with E-state index in [0.29, 0.717) is 5.69 Å². The summed E-state index contributed by atoms with van der Waals surface area (Å²) in [5.74, 6) is -1.88. The first-order valence-corrected chi connectivity index (χ1v) is 6.01. The molecule has 0 saturated heterocycles. The number of ketones is 1. The molecule has 0 N–H and O–H groups in total. The van der Waals surface area contributed by atoms with Crippen LogP contribution in [0.5, 0.6) is 5.75 Å². The Hall–Kier alpha value is -2.83. The highest BCUT2D eigenvalue weighted by Crippen LogP contribution is 2.24. The fourth-order valence-electron chi connectivity index (χ4n) is 1.68. The molecule has 2 rings (SSSR count). The van der Waals surface area contributed by atoms with Crippen molar-refractivity contribution in [3.8, 4) is 5.75 Å². The monoisotopic (exact) mass is 290 g/mol. The zero-order valence-electron chi connectivity index (χ0n) is 11.1. The van der Waals surface area contributed by atoms with Gasteiger partial charge in [-0.2, -0.15) is 0 Å². The standard InChI is InChI=1S/C14H11FN2O4/c1-9-6-7-13(14(16-9)17(19)20)21-8-12(18)10-4-2-3-5-11(10)15/h2-7H,8H2,1H3. The van der Waals surface area contributed by atoms with E-state index in [0.717, 1.165) is 6.07 Å². The molecule has 0 fully saturated rings. The van der Waals surface area contributed by atoms with Gasteiger partial charge < -0.3 is 14.9 Å². The van der Waals surface area contributed by atoms with Gasteiger partial charge in [0.15, 0.2) is 6.61 Å². The van der Waals surface area contributed by atoms with Gasteiger partial charge in [0.1, 0.15) is 11.5 Å². The van der Waals surface area contributed by atoms with Crippen molar-refractivity contribution in [1.29, 1.82) is 0 Å². The lowest BCUT2D eigenvalue weighted by molar-refractivity contribution is -0.390. The lowest BCUT2D eigenvalue weighted by Gasteiger charge is -2.06. The zero-order chi connectivity index (χ0) is 15.4. The molecular formula is C14H11FN2O4. The predicted octanol–water partition coefficient (Wildman–Crippen LogP) is 2.70. The Morgan fingerprint density at radius 1 is 1.33 bits per heavy atom. The van der Waals surface area contributed by atoms with E-state index in [1.54, 1.807) is 6.92 Å². The van der Waals surface area contributed by atoms with Crippen molar-refractivity contribution < 1.29 is 18.8 Å². The topological polar surface area (TPSA) is 82.3 Å². The second kappa shape index (κ2) is 6.08. The molecule has 0 saturated carbocycles. The number of aromatic nitrogens is 1. The number of hydrogen-bond acceptors (Lipinski definition) is 5. The highest BCUT2D eigenvalue weighted by molar-refractivity contribution is 5.97. The molecule has 2 aromatic rings. The quantitative estimate of drug-likeness (QED) is 0.480. The lowest BCUT2D eigenvalue weighted by Crippen LogP contribution is -2.14. The fourth-order valence-corrected chi connectivity index (χ4v) is 1.68. The average molecular weight is 290 g/mol. The van der Waals surface area contributed by atoms with Gasteiger partial charge in [0.2, 0.25) is 11.5 Å². The molecule has 0 aliphatic rings. The Morgan fingerprint density at radius 2 is 2.05 bits per heavy atom. The smallest absolute Gasteiger partial charge is 0.406 e. The summed E-state index contributed by atoms with van der Waals surface area (Å²) in [4.78, 5) is 25.7. The number of carbonyl (C=O) groups is 1. The molecule has 6 nitrogen and oxygen atoms in total. The van der Waals surface area contributed by atoms with Crippen molar-refractivity contribution in [2.45, 2.75) is 6.92 Å². The van der Waals surface area contributed by atoms with Gasteiger partial charge in [0.25, 0.3) is 0 Å². The minimum atomic E-state index is -0.699. The summed E-state index contributed by atoms with van der Waals surface area (Å²) in [5, 5.41) is 10.9. The Balaban J connectivity index is 2.15. The maximum Gasteiger partial charge on any atom is 0.406 e. The minimum Gasteiger partial charge on any atom is -0.477 e. The summed E-state index contributed by atoms with van der Waals surface area (Å²) in [5.41, 5.74) is 0.328. The molecule has 108 valence electrons. The SMILES string of the molecule is Cc1ccc(OCC(=O)c2ccccc2F)c([N+](=O)[O-])n1. The first-order chi connectivity index (χ1) is 9.99. The number of rotatable bonds is 5. The number of pyridine rings is 1. The Labute approximate surface area is 119 Å². The summed E-state index contributed by atoms with van der Waals surface area (Å²) in [7, 11) is 0. The summed E-state index contributed by atoms with van der Waals surface area (Å²) in [6.45, 7) is 1.09. The molecule has 7 heteroatoms. The molecule has 1 aromatic heterocycles. The van der Waals surface area contributed by atoms with Gasteiger partial charge in [-0.25, -0.2) is 4.39 Å². The van der Waals surface area contributed by atoms with Crippen molar-refractivity contribution in [3.05, 3.63) is 63.6 Å². The molecule has 0 atom stereocenters. The number of nitro groups is 1. The van der Waals surface area contributed by atoms with Gasteiger partial charge in [-0.1, -0.05) is 12.1 Å². The van der Waals surface area contributed by atoms with Crippen LogP contribution in [-0.2, 0) is 0 Å². The van der Waals surface area contributed by atoms with Gasteiger partial charge in [0, 0.05) is 6.92 Å². The lowest BCUT2D eigenvalue weighted by atomic mass is 10.1. The number of halogens is 1. The van der Waals surface area contributed by atoms with Crippen molar-refractivity contribution in [2.24, 2.45) is 0 Å². The van der Waals surface area contributed by atoms with Crippen LogP contribution in [0, 0.1) is 22.9 Å². The van der Waals surface area contributed by atoms with E-state index >= 15 is 0 Å². The normalized spacial score (nSPS) is 10.2. The molecule has 1 heterocycles. The van der Waals surface area contributed by atoms with Crippen LogP contribution < -0.4 is 4.74 Å². The summed E-state index contributed by atoms with van der Waals surface area (Å²) >= 11 is 0. The van der Waals surface area contributed by atoms with E-state index in [-0.39, 0.29) is 11.3 Å². The Kier molecular flexibility index (Phi) is 4.22.